The highest BCUT2D eigenvalue weighted by atomic mass is 32.2. The second kappa shape index (κ2) is 4.90. The fourth-order valence-electron chi connectivity index (χ4n) is 0.731. The summed E-state index contributed by atoms with van der Waals surface area (Å²) in [6, 6.07) is 7.48. The van der Waals surface area contributed by atoms with Crippen LogP contribution >= 0.6 is 11.9 Å². The molecular weight excluding hydrogens is 172 g/mol. The first kappa shape index (κ1) is 9.22. The molecule has 0 unspecified atom stereocenters. The number of aliphatic hydroxyl groups is 1. The molecule has 1 aromatic carbocycles. The number of hydrogen-bond acceptors (Lipinski definition) is 4. The summed E-state index contributed by atoms with van der Waals surface area (Å²) in [7, 11) is 0. The number of nitrogens with one attached hydrogen (secondary N) is 1. The highest BCUT2D eigenvalue weighted by molar-refractivity contribution is 8.00. The van der Waals surface area contributed by atoms with Crippen molar-refractivity contribution in [2.24, 2.45) is 0 Å². The Balaban J connectivity index is 2.37. The van der Waals surface area contributed by atoms with E-state index in [-0.39, 0.29) is 6.61 Å². The molecule has 0 aliphatic heterocycles. The largest absolute Gasteiger partial charge is 0.399 e. The molecule has 4 N–H and O–H groups in total. The maximum atomic E-state index is 8.51. The minimum absolute atomic E-state index is 0.187. The highest BCUT2D eigenvalue weighted by Gasteiger charge is 1.90. The summed E-state index contributed by atoms with van der Waals surface area (Å²) < 4.78 is 3.07. The topological polar surface area (TPSA) is 58.3 Å². The number of benzene rings is 1. The first-order valence-corrected chi connectivity index (χ1v) is 4.65. The second-order valence-electron chi connectivity index (χ2n) is 2.30. The molecule has 4 heteroatoms. The van der Waals surface area contributed by atoms with Gasteiger partial charge in [-0.25, -0.2) is 0 Å². The van der Waals surface area contributed by atoms with Crippen LogP contribution in [0, 0.1) is 0 Å². The monoisotopic (exact) mass is 184 g/mol. The molecule has 0 amide bonds. The van der Waals surface area contributed by atoms with Gasteiger partial charge in [-0.05, 0) is 24.3 Å². The van der Waals surface area contributed by atoms with Gasteiger partial charge >= 0.3 is 0 Å². The highest BCUT2D eigenvalue weighted by Crippen LogP contribution is 2.14. The molecule has 0 bridgehead atoms. The predicted molar refractivity (Wildman–Crippen MR) is 54.0 cm³/mol. The van der Waals surface area contributed by atoms with Gasteiger partial charge in [-0.3, -0.25) is 0 Å². The fraction of sp³-hybridized carbons (Fsp3) is 0.250. The summed E-state index contributed by atoms with van der Waals surface area (Å²) in [6.45, 7) is 0.187. The zero-order valence-corrected chi connectivity index (χ0v) is 7.47. The van der Waals surface area contributed by atoms with Crippen molar-refractivity contribution in [2.75, 3.05) is 22.8 Å². The molecule has 1 rings (SSSR count). The first-order chi connectivity index (χ1) is 5.83. The quantitative estimate of drug-likeness (QED) is 0.375. The van der Waals surface area contributed by atoms with Gasteiger partial charge in [0.05, 0.1) is 6.61 Å². The Labute approximate surface area is 76.1 Å². The van der Waals surface area contributed by atoms with Crippen LogP contribution in [0.1, 0.15) is 0 Å². The Bertz CT molecular complexity index is 225. The van der Waals surface area contributed by atoms with Crippen LogP contribution in [0.15, 0.2) is 24.3 Å². The molecule has 12 heavy (non-hydrogen) atoms. The van der Waals surface area contributed by atoms with Crippen LogP contribution in [0.4, 0.5) is 11.4 Å². The third kappa shape index (κ3) is 3.02. The van der Waals surface area contributed by atoms with E-state index in [0.717, 1.165) is 11.4 Å². The Morgan fingerprint density at radius 1 is 1.33 bits per heavy atom. The molecule has 0 heterocycles. The standard InChI is InChI=1S/C8H12N2OS/c9-7-1-3-8(4-2-7)10-12-6-5-11/h1-4,10-11H,5-6,9H2. The average Bonchev–Trinajstić information content (AvgIpc) is 2.09. The van der Waals surface area contributed by atoms with Crippen molar-refractivity contribution < 1.29 is 5.11 Å². The molecule has 0 radical (unpaired) electrons. The maximum Gasteiger partial charge on any atom is 0.0539 e. The molecule has 1 aromatic rings. The van der Waals surface area contributed by atoms with Gasteiger partial charge in [-0.1, -0.05) is 11.9 Å². The number of rotatable bonds is 4. The van der Waals surface area contributed by atoms with E-state index >= 15 is 0 Å². The summed E-state index contributed by atoms with van der Waals surface area (Å²) in [5, 5.41) is 8.51. The van der Waals surface area contributed by atoms with E-state index in [1.165, 1.54) is 11.9 Å². The summed E-state index contributed by atoms with van der Waals surface area (Å²) in [5.41, 5.74) is 7.27. The molecule has 3 nitrogen and oxygen atoms in total. The molecule has 0 saturated heterocycles. The predicted octanol–water partition coefficient (Wildman–Crippen LogP) is 1.32. The van der Waals surface area contributed by atoms with Crippen molar-refractivity contribution in [3.8, 4) is 0 Å². The van der Waals surface area contributed by atoms with Gasteiger partial charge in [0.2, 0.25) is 0 Å². The fourth-order valence-corrected chi connectivity index (χ4v) is 1.23. The Hall–Kier alpha value is -0.870. The summed E-state index contributed by atoms with van der Waals surface area (Å²) in [4.78, 5) is 0. The number of nitrogens with two attached hydrogens (primary N) is 1. The molecule has 0 saturated carbocycles. The van der Waals surface area contributed by atoms with Crippen LogP contribution in [-0.4, -0.2) is 17.5 Å². The Morgan fingerprint density at radius 2 is 2.00 bits per heavy atom. The zero-order chi connectivity index (χ0) is 8.81. The molecular formula is C8H12N2OS. The lowest BCUT2D eigenvalue weighted by Gasteiger charge is -2.03. The van der Waals surface area contributed by atoms with Crippen molar-refractivity contribution in [1.82, 2.24) is 0 Å². The van der Waals surface area contributed by atoms with E-state index in [2.05, 4.69) is 4.72 Å². The number of anilines is 2. The smallest absolute Gasteiger partial charge is 0.0539 e. The van der Waals surface area contributed by atoms with Crippen molar-refractivity contribution >= 4 is 23.3 Å². The van der Waals surface area contributed by atoms with Crippen LogP contribution in [0.5, 0.6) is 0 Å². The third-order valence-electron chi connectivity index (χ3n) is 1.29. The van der Waals surface area contributed by atoms with Gasteiger partial charge in [-0.2, -0.15) is 0 Å². The van der Waals surface area contributed by atoms with E-state index < -0.39 is 0 Å². The van der Waals surface area contributed by atoms with Gasteiger partial charge < -0.3 is 15.6 Å². The van der Waals surface area contributed by atoms with Gasteiger partial charge in [0.1, 0.15) is 0 Å². The lowest BCUT2D eigenvalue weighted by molar-refractivity contribution is 0.322. The zero-order valence-electron chi connectivity index (χ0n) is 6.66. The molecule has 0 fully saturated rings. The van der Waals surface area contributed by atoms with Gasteiger partial charge in [0, 0.05) is 17.1 Å². The van der Waals surface area contributed by atoms with Crippen LogP contribution in [-0.2, 0) is 0 Å². The number of nitrogen functional groups attached to an aromatic ring is 1. The molecule has 66 valence electrons. The maximum absolute atomic E-state index is 8.51. The minimum atomic E-state index is 0.187. The van der Waals surface area contributed by atoms with Crippen LogP contribution < -0.4 is 10.5 Å². The Morgan fingerprint density at radius 3 is 2.58 bits per heavy atom. The van der Waals surface area contributed by atoms with Crippen molar-refractivity contribution in [3.63, 3.8) is 0 Å². The molecule has 0 aromatic heterocycles. The Kier molecular flexibility index (Phi) is 3.76. The molecule has 0 spiro atoms. The van der Waals surface area contributed by atoms with E-state index in [4.69, 9.17) is 10.8 Å². The van der Waals surface area contributed by atoms with Crippen LogP contribution in [0.2, 0.25) is 0 Å². The van der Waals surface area contributed by atoms with E-state index in [0.29, 0.717) is 5.75 Å². The SMILES string of the molecule is Nc1ccc(NSCCO)cc1. The third-order valence-corrected chi connectivity index (χ3v) is 2.06. The number of aliphatic hydroxyl groups excluding tert-OH is 1. The normalized spacial score (nSPS) is 9.75. The summed E-state index contributed by atoms with van der Waals surface area (Å²) in [6.07, 6.45) is 0. The van der Waals surface area contributed by atoms with Crippen LogP contribution in [0.3, 0.4) is 0 Å². The van der Waals surface area contributed by atoms with Crippen molar-refractivity contribution in [3.05, 3.63) is 24.3 Å². The minimum Gasteiger partial charge on any atom is -0.399 e. The van der Waals surface area contributed by atoms with E-state index in [1.54, 1.807) is 0 Å². The van der Waals surface area contributed by atoms with E-state index in [1.807, 2.05) is 24.3 Å². The summed E-state index contributed by atoms with van der Waals surface area (Å²) in [5.74, 6) is 0.685. The van der Waals surface area contributed by atoms with Gasteiger partial charge in [0.15, 0.2) is 0 Å². The first-order valence-electron chi connectivity index (χ1n) is 3.67. The lowest BCUT2D eigenvalue weighted by Crippen LogP contribution is -1.93. The van der Waals surface area contributed by atoms with Gasteiger partial charge in [0.25, 0.3) is 0 Å². The van der Waals surface area contributed by atoms with Crippen molar-refractivity contribution in [1.29, 1.82) is 0 Å². The van der Waals surface area contributed by atoms with Crippen molar-refractivity contribution in [2.45, 2.75) is 0 Å². The number of hydrogen-bond donors (Lipinski definition) is 3. The van der Waals surface area contributed by atoms with E-state index in [9.17, 15) is 0 Å². The molecule has 0 aliphatic rings. The van der Waals surface area contributed by atoms with Crippen LogP contribution in [0.25, 0.3) is 0 Å². The molecule has 0 aliphatic carbocycles. The molecule has 0 atom stereocenters. The second-order valence-corrected chi connectivity index (χ2v) is 3.20. The summed E-state index contributed by atoms with van der Waals surface area (Å²) >= 11 is 1.47. The average molecular weight is 184 g/mol. The van der Waals surface area contributed by atoms with Gasteiger partial charge in [-0.15, -0.1) is 0 Å². The lowest BCUT2D eigenvalue weighted by atomic mass is 10.3.